The molecule has 1 aliphatic rings. The van der Waals surface area contributed by atoms with E-state index in [0.29, 0.717) is 31.2 Å². The molecule has 30 heavy (non-hydrogen) atoms. The molecule has 0 radical (unpaired) electrons. The van der Waals surface area contributed by atoms with Gasteiger partial charge in [0.05, 0.1) is 12.2 Å². The van der Waals surface area contributed by atoms with Crippen molar-refractivity contribution >= 4 is 11.9 Å². The van der Waals surface area contributed by atoms with Crippen molar-refractivity contribution in [1.29, 1.82) is 0 Å². The van der Waals surface area contributed by atoms with Gasteiger partial charge in [0.15, 0.2) is 0 Å². The van der Waals surface area contributed by atoms with Crippen molar-refractivity contribution < 1.29 is 14.3 Å². The molecule has 1 amide bonds. The Morgan fingerprint density at radius 1 is 1.10 bits per heavy atom. The van der Waals surface area contributed by atoms with E-state index >= 15 is 0 Å². The molecule has 1 aromatic heterocycles. The lowest BCUT2D eigenvalue weighted by atomic mass is 10.1. The minimum Gasteiger partial charge on any atom is -0.462 e. The van der Waals surface area contributed by atoms with Crippen molar-refractivity contribution in [3.05, 3.63) is 47.7 Å². The molecule has 0 spiro atoms. The van der Waals surface area contributed by atoms with Crippen molar-refractivity contribution in [1.82, 2.24) is 9.88 Å². The third-order valence-electron chi connectivity index (χ3n) is 5.78. The van der Waals surface area contributed by atoms with Crippen molar-refractivity contribution in [2.75, 3.05) is 6.61 Å². The summed E-state index contributed by atoms with van der Waals surface area (Å²) in [6.07, 6.45) is 10.3. The third kappa shape index (κ3) is 6.22. The fraction of sp³-hybridized carbons (Fsp3) is 0.520. The number of hydrogen-bond acceptors (Lipinski definition) is 3. The molecule has 2 aromatic rings. The van der Waals surface area contributed by atoms with Crippen molar-refractivity contribution in [3.63, 3.8) is 0 Å². The number of benzene rings is 1. The standard InChI is InChI=1S/C25H34N2O3/c1-3-30-25(29)21-17-23(20-14-12-19(2)13-15-20)27(18-21)16-8-11-24(28)26-22-9-6-4-5-7-10-22/h12-15,17-18,22H,3-11,16H2,1-2H3,(H,26,28). The lowest BCUT2D eigenvalue weighted by Crippen LogP contribution is -2.34. The van der Waals surface area contributed by atoms with Crippen LogP contribution in [0.4, 0.5) is 0 Å². The zero-order valence-electron chi connectivity index (χ0n) is 18.3. The quantitative estimate of drug-likeness (QED) is 0.477. The Morgan fingerprint density at radius 2 is 1.80 bits per heavy atom. The smallest absolute Gasteiger partial charge is 0.339 e. The molecule has 1 heterocycles. The number of esters is 1. The van der Waals surface area contributed by atoms with E-state index in [1.165, 1.54) is 31.2 Å². The first-order valence-corrected chi connectivity index (χ1v) is 11.3. The Balaban J connectivity index is 1.64. The number of aromatic nitrogens is 1. The highest BCUT2D eigenvalue weighted by atomic mass is 16.5. The maximum Gasteiger partial charge on any atom is 0.339 e. The van der Waals surface area contributed by atoms with Crippen LogP contribution in [0, 0.1) is 6.92 Å². The van der Waals surface area contributed by atoms with Crippen LogP contribution in [-0.4, -0.2) is 29.1 Å². The second kappa shape index (κ2) is 11.0. The molecule has 0 saturated heterocycles. The van der Waals surface area contributed by atoms with Crippen LogP contribution < -0.4 is 5.32 Å². The third-order valence-corrected chi connectivity index (χ3v) is 5.78. The second-order valence-electron chi connectivity index (χ2n) is 8.25. The average molecular weight is 411 g/mol. The fourth-order valence-electron chi connectivity index (χ4n) is 4.12. The molecule has 1 aliphatic carbocycles. The number of carbonyl (C=O) groups excluding carboxylic acids is 2. The highest BCUT2D eigenvalue weighted by Crippen LogP contribution is 2.24. The predicted octanol–water partition coefficient (Wildman–Crippen LogP) is 5.26. The molecule has 3 rings (SSSR count). The van der Waals surface area contributed by atoms with E-state index in [9.17, 15) is 9.59 Å². The van der Waals surface area contributed by atoms with Gasteiger partial charge in [0, 0.05) is 30.9 Å². The van der Waals surface area contributed by atoms with Crippen LogP contribution in [0.2, 0.25) is 0 Å². The molecule has 1 aromatic carbocycles. The van der Waals surface area contributed by atoms with Crippen LogP contribution >= 0.6 is 0 Å². The fourth-order valence-corrected chi connectivity index (χ4v) is 4.12. The lowest BCUT2D eigenvalue weighted by Gasteiger charge is -2.16. The summed E-state index contributed by atoms with van der Waals surface area (Å²) in [5, 5.41) is 3.22. The second-order valence-corrected chi connectivity index (χ2v) is 8.25. The van der Waals surface area contributed by atoms with Crippen molar-refractivity contribution in [3.8, 4) is 11.3 Å². The highest BCUT2D eigenvalue weighted by molar-refractivity contribution is 5.91. The Kier molecular flexibility index (Phi) is 8.12. The van der Waals surface area contributed by atoms with E-state index in [0.717, 1.165) is 30.5 Å². The first kappa shape index (κ1) is 22.1. The van der Waals surface area contributed by atoms with Crippen molar-refractivity contribution in [2.24, 2.45) is 0 Å². The molecule has 5 heteroatoms. The van der Waals surface area contributed by atoms with Gasteiger partial charge in [-0.2, -0.15) is 0 Å². The molecule has 0 aliphatic heterocycles. The number of rotatable bonds is 8. The highest BCUT2D eigenvalue weighted by Gasteiger charge is 2.16. The largest absolute Gasteiger partial charge is 0.462 e. The van der Waals surface area contributed by atoms with Crippen molar-refractivity contribution in [2.45, 2.75) is 77.8 Å². The normalized spacial score (nSPS) is 14.9. The lowest BCUT2D eigenvalue weighted by molar-refractivity contribution is -0.122. The molecule has 1 N–H and O–H groups in total. The monoisotopic (exact) mass is 410 g/mol. The van der Waals surface area contributed by atoms with Gasteiger partial charge in [-0.15, -0.1) is 0 Å². The zero-order valence-corrected chi connectivity index (χ0v) is 18.3. The van der Waals surface area contributed by atoms with Crippen LogP contribution in [-0.2, 0) is 16.1 Å². The molecular weight excluding hydrogens is 376 g/mol. The van der Waals surface area contributed by atoms with Gasteiger partial charge in [-0.1, -0.05) is 55.5 Å². The van der Waals surface area contributed by atoms with Gasteiger partial charge >= 0.3 is 5.97 Å². The minimum atomic E-state index is -0.310. The minimum absolute atomic E-state index is 0.136. The van der Waals surface area contributed by atoms with E-state index in [1.807, 2.05) is 19.2 Å². The van der Waals surface area contributed by atoms with Crippen LogP contribution in [0.1, 0.15) is 74.2 Å². The maximum atomic E-state index is 12.4. The van der Waals surface area contributed by atoms with Gasteiger partial charge in [0.1, 0.15) is 0 Å². The number of hydrogen-bond donors (Lipinski definition) is 1. The number of aryl methyl sites for hydroxylation is 2. The van der Waals surface area contributed by atoms with Crippen LogP contribution in [0.3, 0.4) is 0 Å². The first-order valence-electron chi connectivity index (χ1n) is 11.3. The summed E-state index contributed by atoms with van der Waals surface area (Å²) in [7, 11) is 0. The summed E-state index contributed by atoms with van der Waals surface area (Å²) in [6, 6.07) is 10.5. The molecule has 0 atom stereocenters. The van der Waals surface area contributed by atoms with Crippen LogP contribution in [0.25, 0.3) is 11.3 Å². The summed E-state index contributed by atoms with van der Waals surface area (Å²) in [5.74, 6) is -0.174. The first-order chi connectivity index (χ1) is 14.6. The topological polar surface area (TPSA) is 60.3 Å². The molecular formula is C25H34N2O3. The number of nitrogens with one attached hydrogen (secondary N) is 1. The molecule has 1 saturated carbocycles. The molecule has 5 nitrogen and oxygen atoms in total. The summed E-state index contributed by atoms with van der Waals surface area (Å²) in [4.78, 5) is 24.6. The summed E-state index contributed by atoms with van der Waals surface area (Å²) >= 11 is 0. The van der Waals surface area contributed by atoms with E-state index in [2.05, 4.69) is 41.1 Å². The number of ether oxygens (including phenoxy) is 1. The van der Waals surface area contributed by atoms with E-state index < -0.39 is 0 Å². The Morgan fingerprint density at radius 3 is 2.47 bits per heavy atom. The predicted molar refractivity (Wildman–Crippen MR) is 119 cm³/mol. The molecule has 1 fully saturated rings. The SMILES string of the molecule is CCOC(=O)c1cc(-c2ccc(C)cc2)n(CCCC(=O)NC2CCCCCC2)c1. The van der Waals surface area contributed by atoms with Gasteiger partial charge in [0.25, 0.3) is 0 Å². The summed E-state index contributed by atoms with van der Waals surface area (Å²) in [6.45, 7) is 4.90. The summed E-state index contributed by atoms with van der Waals surface area (Å²) < 4.78 is 7.24. The number of nitrogens with zero attached hydrogens (tertiary/aromatic N) is 1. The summed E-state index contributed by atoms with van der Waals surface area (Å²) in [5.41, 5.74) is 3.77. The van der Waals surface area contributed by atoms with Crippen LogP contribution in [0.5, 0.6) is 0 Å². The average Bonchev–Trinajstić information content (AvgIpc) is 2.98. The molecule has 0 unspecified atom stereocenters. The molecule has 162 valence electrons. The maximum absolute atomic E-state index is 12.4. The van der Waals surface area contributed by atoms with Gasteiger partial charge < -0.3 is 14.6 Å². The Bertz CT molecular complexity index is 831. The number of amides is 1. The Hall–Kier alpha value is -2.56. The van der Waals surface area contributed by atoms with Gasteiger partial charge in [-0.05, 0) is 44.7 Å². The van der Waals surface area contributed by atoms with Gasteiger partial charge in [-0.25, -0.2) is 4.79 Å². The van der Waals surface area contributed by atoms with Gasteiger partial charge in [-0.3, -0.25) is 4.79 Å². The number of carbonyl (C=O) groups is 2. The van der Waals surface area contributed by atoms with E-state index in [1.54, 1.807) is 0 Å². The molecule has 0 bridgehead atoms. The van der Waals surface area contributed by atoms with Crippen LogP contribution in [0.15, 0.2) is 36.5 Å². The van der Waals surface area contributed by atoms with Gasteiger partial charge in [0.2, 0.25) is 5.91 Å². The zero-order chi connectivity index (χ0) is 21.3. The Labute approximate surface area is 179 Å². The van der Waals surface area contributed by atoms with E-state index in [4.69, 9.17) is 4.74 Å². The van der Waals surface area contributed by atoms with E-state index in [-0.39, 0.29) is 11.9 Å².